The van der Waals surface area contributed by atoms with Gasteiger partial charge in [-0.2, -0.15) is 10.3 Å². The minimum atomic E-state index is -0.0145. The lowest BCUT2D eigenvalue weighted by atomic mass is 10.4. The molecule has 0 spiro atoms. The smallest absolute Gasteiger partial charge is 0.137 e. The highest BCUT2D eigenvalue weighted by Gasteiger charge is 2.35. The van der Waals surface area contributed by atoms with Crippen molar-refractivity contribution < 1.29 is 9.68 Å². The van der Waals surface area contributed by atoms with E-state index in [1.165, 1.54) is 0 Å². The van der Waals surface area contributed by atoms with E-state index in [-0.39, 0.29) is 6.04 Å². The molecule has 2 unspecified atom stereocenters. The molecule has 1 heterocycles. The molecule has 1 aliphatic heterocycles. The topological polar surface area (TPSA) is 71.3 Å². The fraction of sp³-hybridized carbons (Fsp3) is 0.545. The van der Waals surface area contributed by atoms with Crippen LogP contribution < -0.4 is 5.90 Å². The molecule has 0 saturated carbocycles. The molecule has 16 heavy (non-hydrogen) atoms. The number of hydroxylamine groups is 2. The molecule has 5 nitrogen and oxygen atoms in total. The predicted molar refractivity (Wildman–Crippen MR) is 61.8 cm³/mol. The van der Waals surface area contributed by atoms with Gasteiger partial charge in [0.05, 0.1) is 25.8 Å². The first-order chi connectivity index (χ1) is 7.51. The van der Waals surface area contributed by atoms with E-state index >= 15 is 0 Å². The molecule has 90 valence electrons. The van der Waals surface area contributed by atoms with E-state index in [1.54, 1.807) is 5.06 Å². The van der Waals surface area contributed by atoms with Crippen LogP contribution in [0, 0.1) is 11.3 Å². The van der Waals surface area contributed by atoms with Gasteiger partial charge in [-0.05, 0) is 13.8 Å². The Hall–Kier alpha value is -1.19. The van der Waals surface area contributed by atoms with Crippen molar-refractivity contribution in [2.75, 3.05) is 19.8 Å². The van der Waals surface area contributed by atoms with Crippen molar-refractivity contribution in [1.29, 1.82) is 5.26 Å². The number of nitrogens with two attached hydrogens (primary N) is 1. The molecule has 0 aromatic rings. The van der Waals surface area contributed by atoms with Gasteiger partial charge < -0.3 is 4.84 Å². The molecule has 1 saturated heterocycles. The van der Waals surface area contributed by atoms with Crippen molar-refractivity contribution in [2.45, 2.75) is 19.9 Å². The fourth-order valence-electron chi connectivity index (χ4n) is 0.707. The molecule has 5 heteroatoms. The van der Waals surface area contributed by atoms with Crippen molar-refractivity contribution in [3.8, 4) is 6.07 Å². The summed E-state index contributed by atoms with van der Waals surface area (Å²) in [6.07, 6.45) is 0. The van der Waals surface area contributed by atoms with Gasteiger partial charge in [0.25, 0.3) is 0 Å². The van der Waals surface area contributed by atoms with Gasteiger partial charge >= 0.3 is 0 Å². The molecular formula is C11H19N3O2. The van der Waals surface area contributed by atoms with Crippen LogP contribution in [-0.2, 0) is 9.68 Å². The maximum absolute atomic E-state index is 8.35. The largest absolute Gasteiger partial charge is 0.300 e. The van der Waals surface area contributed by atoms with Crippen molar-refractivity contribution in [3.63, 3.8) is 0 Å². The molecule has 0 radical (unpaired) electrons. The van der Waals surface area contributed by atoms with Crippen molar-refractivity contribution >= 4 is 0 Å². The van der Waals surface area contributed by atoms with E-state index in [9.17, 15) is 0 Å². The van der Waals surface area contributed by atoms with Crippen molar-refractivity contribution in [1.82, 2.24) is 5.06 Å². The maximum Gasteiger partial charge on any atom is 0.137 e. The van der Waals surface area contributed by atoms with Crippen molar-refractivity contribution in [2.24, 2.45) is 5.90 Å². The molecule has 2 N–H and O–H groups in total. The molecule has 0 amide bonds. The second kappa shape index (κ2) is 8.02. The lowest BCUT2D eigenvalue weighted by Crippen LogP contribution is -2.04. The van der Waals surface area contributed by atoms with Gasteiger partial charge in [-0.1, -0.05) is 24.3 Å². The zero-order valence-electron chi connectivity index (χ0n) is 9.90. The van der Waals surface area contributed by atoms with E-state index in [1.807, 2.05) is 13.8 Å². The fourth-order valence-corrected chi connectivity index (χ4v) is 0.707. The Labute approximate surface area is 96.6 Å². The molecule has 1 rings (SSSR count). The minimum absolute atomic E-state index is 0.0145. The van der Waals surface area contributed by atoms with Crippen LogP contribution in [0.3, 0.4) is 0 Å². The molecule has 0 aromatic carbocycles. The first-order valence-corrected chi connectivity index (χ1v) is 4.90. The van der Waals surface area contributed by atoms with Crippen LogP contribution in [-0.4, -0.2) is 30.9 Å². The van der Waals surface area contributed by atoms with Crippen LogP contribution in [0.4, 0.5) is 0 Å². The highest BCUT2D eigenvalue weighted by molar-refractivity contribution is 5.02. The lowest BCUT2D eigenvalue weighted by molar-refractivity contribution is -0.0578. The number of nitriles is 1. The molecule has 1 fully saturated rings. The van der Waals surface area contributed by atoms with Gasteiger partial charge in [0.15, 0.2) is 0 Å². The monoisotopic (exact) mass is 225 g/mol. The maximum atomic E-state index is 8.35. The Morgan fingerprint density at radius 1 is 1.44 bits per heavy atom. The van der Waals surface area contributed by atoms with Crippen LogP contribution in [0.5, 0.6) is 0 Å². The Morgan fingerprint density at radius 2 is 2.00 bits per heavy atom. The van der Waals surface area contributed by atoms with E-state index in [0.717, 1.165) is 17.7 Å². The standard InChI is InChI=1S/C7H10N2O.C4H9NO/c1-6(2)5-10-9-4-7(9)3-8;1-4(2)3-6-5/h7H,1,4-5H2,2H3;1,3,5H2,2H3. The third-order valence-electron chi connectivity index (χ3n) is 1.52. The number of rotatable bonds is 5. The summed E-state index contributed by atoms with van der Waals surface area (Å²) in [5, 5.41) is 10.00. The summed E-state index contributed by atoms with van der Waals surface area (Å²) in [5.41, 5.74) is 1.92. The second-order valence-electron chi connectivity index (χ2n) is 3.74. The molecule has 0 aromatic heterocycles. The Balaban J connectivity index is 0.000000325. The summed E-state index contributed by atoms with van der Waals surface area (Å²) in [4.78, 5) is 9.33. The van der Waals surface area contributed by atoms with E-state index < -0.39 is 0 Å². The SMILES string of the molecule is C=C(C)CON.C=C(C)CON1CC1C#N. The van der Waals surface area contributed by atoms with Crippen LogP contribution >= 0.6 is 0 Å². The summed E-state index contributed by atoms with van der Waals surface area (Å²) in [5.74, 6) is 4.67. The summed E-state index contributed by atoms with van der Waals surface area (Å²) in [7, 11) is 0. The zero-order valence-corrected chi connectivity index (χ0v) is 9.90. The van der Waals surface area contributed by atoms with Crippen LogP contribution in [0.15, 0.2) is 24.3 Å². The molecular weight excluding hydrogens is 206 g/mol. The average Bonchev–Trinajstić information content (AvgIpc) is 2.94. The van der Waals surface area contributed by atoms with Gasteiger partial charge in [0, 0.05) is 0 Å². The summed E-state index contributed by atoms with van der Waals surface area (Å²) in [6, 6.07) is 2.07. The van der Waals surface area contributed by atoms with Crippen LogP contribution in [0.1, 0.15) is 13.8 Å². The third-order valence-corrected chi connectivity index (χ3v) is 1.52. The molecule has 0 aliphatic carbocycles. The Kier molecular flexibility index (Phi) is 7.42. The van der Waals surface area contributed by atoms with Crippen LogP contribution in [0.25, 0.3) is 0 Å². The molecule has 0 bridgehead atoms. The normalized spacial score (nSPS) is 21.4. The van der Waals surface area contributed by atoms with Crippen LogP contribution in [0.2, 0.25) is 0 Å². The predicted octanol–water partition coefficient (Wildman–Crippen LogP) is 1.15. The Morgan fingerprint density at radius 3 is 2.25 bits per heavy atom. The lowest BCUT2D eigenvalue weighted by Gasteiger charge is -2.00. The minimum Gasteiger partial charge on any atom is -0.300 e. The van der Waals surface area contributed by atoms with E-state index in [4.69, 9.17) is 10.1 Å². The third kappa shape index (κ3) is 8.15. The Bertz CT molecular complexity index is 283. The van der Waals surface area contributed by atoms with E-state index in [2.05, 4.69) is 30.0 Å². The van der Waals surface area contributed by atoms with Gasteiger partial charge in [0.1, 0.15) is 6.04 Å². The quantitative estimate of drug-likeness (QED) is 0.432. The van der Waals surface area contributed by atoms with E-state index in [0.29, 0.717) is 13.2 Å². The first-order valence-electron chi connectivity index (χ1n) is 4.90. The van der Waals surface area contributed by atoms with Gasteiger partial charge in [0.2, 0.25) is 0 Å². The number of nitrogens with zero attached hydrogens (tertiary/aromatic N) is 2. The summed E-state index contributed by atoms with van der Waals surface area (Å²) >= 11 is 0. The summed E-state index contributed by atoms with van der Waals surface area (Å²) < 4.78 is 0. The van der Waals surface area contributed by atoms with Gasteiger partial charge in [-0.3, -0.25) is 4.84 Å². The summed E-state index contributed by atoms with van der Waals surface area (Å²) in [6.45, 7) is 12.7. The van der Waals surface area contributed by atoms with Gasteiger partial charge in [-0.15, -0.1) is 0 Å². The number of hydrogen-bond acceptors (Lipinski definition) is 5. The second-order valence-corrected chi connectivity index (χ2v) is 3.74. The zero-order chi connectivity index (χ0) is 12.6. The first kappa shape index (κ1) is 14.8. The van der Waals surface area contributed by atoms with Crippen molar-refractivity contribution in [3.05, 3.63) is 24.3 Å². The highest BCUT2D eigenvalue weighted by Crippen LogP contribution is 2.16. The van der Waals surface area contributed by atoms with Gasteiger partial charge in [-0.25, -0.2) is 5.90 Å². The molecule has 1 aliphatic rings. The number of hydrogen-bond donors (Lipinski definition) is 1. The highest BCUT2D eigenvalue weighted by atomic mass is 16.7. The molecule has 2 atom stereocenters. The average molecular weight is 225 g/mol.